The number of benzene rings is 2. The molecule has 2 saturated carbocycles. The highest BCUT2D eigenvalue weighted by molar-refractivity contribution is 6.22. The lowest BCUT2D eigenvalue weighted by Crippen LogP contribution is -2.32. The van der Waals surface area contributed by atoms with Gasteiger partial charge in [0.25, 0.3) is 0 Å². The predicted octanol–water partition coefficient (Wildman–Crippen LogP) is 4.02. The summed E-state index contributed by atoms with van der Waals surface area (Å²) in [5.41, 5.74) is 0.640. The molecular weight excluding hydrogens is 342 g/mol. The summed E-state index contributed by atoms with van der Waals surface area (Å²) in [6.07, 6.45) is 3.23. The zero-order chi connectivity index (χ0) is 18.5. The topological polar surface area (TPSA) is 55.8 Å². The van der Waals surface area contributed by atoms with Crippen LogP contribution in [0.2, 0.25) is 0 Å². The standard InChI is InChI=1S/C22H21NO4/c1-26-16-8-10-18(11-9-16)27-17-6-4-15(5-7-17)23-21(24)19-13-2-3-14(12-13)20(19)22(23)25/h4-11,13-14,19-20H,2-3,12H2,1H3. The number of amides is 2. The number of hydrogen-bond acceptors (Lipinski definition) is 4. The van der Waals surface area contributed by atoms with Gasteiger partial charge >= 0.3 is 0 Å². The van der Waals surface area contributed by atoms with E-state index in [9.17, 15) is 9.59 Å². The molecule has 4 unspecified atom stereocenters. The van der Waals surface area contributed by atoms with Crippen LogP contribution in [0.4, 0.5) is 5.69 Å². The van der Waals surface area contributed by atoms with Crippen molar-refractivity contribution in [3.05, 3.63) is 48.5 Å². The van der Waals surface area contributed by atoms with Gasteiger partial charge in [0.15, 0.2) is 0 Å². The second-order valence-electron chi connectivity index (χ2n) is 7.67. The van der Waals surface area contributed by atoms with Gasteiger partial charge in [-0.3, -0.25) is 14.5 Å². The lowest BCUT2D eigenvalue weighted by molar-refractivity contribution is -0.123. The molecule has 2 bridgehead atoms. The molecule has 3 fully saturated rings. The quantitative estimate of drug-likeness (QED) is 0.770. The molecule has 5 nitrogen and oxygen atoms in total. The Kier molecular flexibility index (Phi) is 3.71. The van der Waals surface area contributed by atoms with Crippen LogP contribution in [0, 0.1) is 23.7 Å². The van der Waals surface area contributed by atoms with E-state index >= 15 is 0 Å². The molecule has 0 spiro atoms. The first-order valence-corrected chi connectivity index (χ1v) is 9.45. The van der Waals surface area contributed by atoms with Gasteiger partial charge in [0.1, 0.15) is 17.2 Å². The Labute approximate surface area is 157 Å². The van der Waals surface area contributed by atoms with E-state index < -0.39 is 0 Å². The van der Waals surface area contributed by atoms with Crippen molar-refractivity contribution >= 4 is 17.5 Å². The number of nitrogens with zero attached hydrogens (tertiary/aromatic N) is 1. The highest BCUT2D eigenvalue weighted by Crippen LogP contribution is 2.56. The average molecular weight is 363 g/mol. The molecule has 1 saturated heterocycles. The van der Waals surface area contributed by atoms with Crippen LogP contribution in [0.1, 0.15) is 19.3 Å². The third-order valence-corrected chi connectivity index (χ3v) is 6.32. The molecule has 0 radical (unpaired) electrons. The lowest BCUT2D eigenvalue weighted by atomic mass is 9.81. The predicted molar refractivity (Wildman–Crippen MR) is 99.8 cm³/mol. The van der Waals surface area contributed by atoms with Gasteiger partial charge in [-0.15, -0.1) is 0 Å². The molecule has 5 rings (SSSR count). The number of methoxy groups -OCH3 is 1. The normalized spacial score (nSPS) is 28.6. The van der Waals surface area contributed by atoms with Crippen LogP contribution in [-0.4, -0.2) is 18.9 Å². The summed E-state index contributed by atoms with van der Waals surface area (Å²) in [7, 11) is 1.62. The highest BCUT2D eigenvalue weighted by atomic mass is 16.5. The van der Waals surface area contributed by atoms with E-state index in [4.69, 9.17) is 9.47 Å². The van der Waals surface area contributed by atoms with Crippen LogP contribution in [0.25, 0.3) is 0 Å². The summed E-state index contributed by atoms with van der Waals surface area (Å²) in [5.74, 6) is 2.72. The number of hydrogen-bond donors (Lipinski definition) is 0. The first-order chi connectivity index (χ1) is 13.2. The van der Waals surface area contributed by atoms with Crippen molar-refractivity contribution in [3.8, 4) is 17.2 Å². The monoisotopic (exact) mass is 363 g/mol. The summed E-state index contributed by atoms with van der Waals surface area (Å²) < 4.78 is 11.0. The van der Waals surface area contributed by atoms with E-state index in [0.29, 0.717) is 29.0 Å². The molecule has 2 aromatic carbocycles. The van der Waals surface area contributed by atoms with Crippen molar-refractivity contribution < 1.29 is 19.1 Å². The average Bonchev–Trinajstić information content (AvgIpc) is 3.37. The second kappa shape index (κ2) is 6.12. The van der Waals surface area contributed by atoms with Crippen molar-refractivity contribution in [3.63, 3.8) is 0 Å². The zero-order valence-electron chi connectivity index (χ0n) is 15.1. The van der Waals surface area contributed by atoms with E-state index in [1.165, 1.54) is 4.90 Å². The van der Waals surface area contributed by atoms with Gasteiger partial charge in [-0.25, -0.2) is 0 Å². The summed E-state index contributed by atoms with van der Waals surface area (Å²) >= 11 is 0. The molecule has 1 aliphatic heterocycles. The SMILES string of the molecule is COc1ccc(Oc2ccc(N3C(=O)C4C5CCC(C5)C4C3=O)cc2)cc1. The number of carbonyl (C=O) groups is 2. The molecule has 138 valence electrons. The second-order valence-corrected chi connectivity index (χ2v) is 7.67. The molecule has 0 N–H and O–H groups in total. The van der Waals surface area contributed by atoms with Gasteiger partial charge < -0.3 is 9.47 Å². The fraction of sp³-hybridized carbons (Fsp3) is 0.364. The van der Waals surface area contributed by atoms with Gasteiger partial charge in [0.2, 0.25) is 11.8 Å². The van der Waals surface area contributed by atoms with Crippen LogP contribution in [0.5, 0.6) is 17.2 Å². The molecule has 2 aromatic rings. The number of fused-ring (bicyclic) bond motifs is 5. The third kappa shape index (κ3) is 2.52. The molecule has 2 amide bonds. The maximum absolute atomic E-state index is 12.9. The van der Waals surface area contributed by atoms with Crippen LogP contribution >= 0.6 is 0 Å². The minimum absolute atomic E-state index is 0.0129. The van der Waals surface area contributed by atoms with Crippen LogP contribution < -0.4 is 14.4 Å². The van der Waals surface area contributed by atoms with E-state index in [-0.39, 0.29) is 23.7 Å². The molecule has 1 heterocycles. The first kappa shape index (κ1) is 16.4. The molecular formula is C22H21NO4. The zero-order valence-corrected chi connectivity index (χ0v) is 15.1. The minimum atomic E-state index is -0.0912. The minimum Gasteiger partial charge on any atom is -0.497 e. The number of imide groups is 1. The summed E-state index contributed by atoms with van der Waals surface area (Å²) in [4.78, 5) is 27.2. The highest BCUT2D eigenvalue weighted by Gasteiger charge is 2.61. The molecule has 0 aromatic heterocycles. The molecule has 5 heteroatoms. The van der Waals surface area contributed by atoms with Crippen molar-refractivity contribution in [2.24, 2.45) is 23.7 Å². The fourth-order valence-electron chi connectivity index (χ4n) is 5.11. The number of carbonyl (C=O) groups excluding carboxylic acids is 2. The van der Waals surface area contributed by atoms with Gasteiger partial charge in [0, 0.05) is 0 Å². The molecule has 2 aliphatic carbocycles. The Morgan fingerprint density at radius 1 is 0.778 bits per heavy atom. The molecule has 27 heavy (non-hydrogen) atoms. The van der Waals surface area contributed by atoms with Crippen LogP contribution in [0.3, 0.4) is 0 Å². The summed E-state index contributed by atoms with van der Waals surface area (Å²) in [6.45, 7) is 0. The van der Waals surface area contributed by atoms with Crippen molar-refractivity contribution in [1.82, 2.24) is 0 Å². The number of ether oxygens (including phenoxy) is 2. The van der Waals surface area contributed by atoms with E-state index in [1.807, 2.05) is 24.3 Å². The molecule has 3 aliphatic rings. The Balaban J connectivity index is 1.34. The molecule has 4 atom stereocenters. The maximum Gasteiger partial charge on any atom is 0.237 e. The van der Waals surface area contributed by atoms with E-state index in [1.54, 1.807) is 31.4 Å². The Hall–Kier alpha value is -2.82. The van der Waals surface area contributed by atoms with Crippen molar-refractivity contribution in [2.45, 2.75) is 19.3 Å². The van der Waals surface area contributed by atoms with Gasteiger partial charge in [-0.05, 0) is 79.6 Å². The number of anilines is 1. The largest absolute Gasteiger partial charge is 0.497 e. The van der Waals surface area contributed by atoms with Gasteiger partial charge in [-0.1, -0.05) is 0 Å². The van der Waals surface area contributed by atoms with Crippen LogP contribution in [-0.2, 0) is 9.59 Å². The van der Waals surface area contributed by atoms with E-state index in [2.05, 4.69) is 0 Å². The first-order valence-electron chi connectivity index (χ1n) is 9.45. The summed E-state index contributed by atoms with van der Waals surface area (Å²) in [5, 5.41) is 0. The van der Waals surface area contributed by atoms with Crippen LogP contribution in [0.15, 0.2) is 48.5 Å². The Bertz CT molecular complexity index is 862. The smallest absolute Gasteiger partial charge is 0.237 e. The summed E-state index contributed by atoms with van der Waals surface area (Å²) in [6, 6.07) is 14.5. The lowest BCUT2D eigenvalue weighted by Gasteiger charge is -2.19. The van der Waals surface area contributed by atoms with E-state index in [0.717, 1.165) is 25.0 Å². The van der Waals surface area contributed by atoms with Crippen molar-refractivity contribution in [2.75, 3.05) is 12.0 Å². The van der Waals surface area contributed by atoms with Gasteiger partial charge in [-0.2, -0.15) is 0 Å². The van der Waals surface area contributed by atoms with Crippen molar-refractivity contribution in [1.29, 1.82) is 0 Å². The Morgan fingerprint density at radius 2 is 1.26 bits per heavy atom. The maximum atomic E-state index is 12.9. The van der Waals surface area contributed by atoms with Gasteiger partial charge in [0.05, 0.1) is 24.6 Å². The third-order valence-electron chi connectivity index (χ3n) is 6.32. The fourth-order valence-corrected chi connectivity index (χ4v) is 5.11. The Morgan fingerprint density at radius 3 is 1.78 bits per heavy atom. The number of rotatable bonds is 4.